The number of methoxy groups -OCH3 is 1. The van der Waals surface area contributed by atoms with Gasteiger partial charge in [-0.3, -0.25) is 9.69 Å². The summed E-state index contributed by atoms with van der Waals surface area (Å²) in [5, 5.41) is 20.7. The highest BCUT2D eigenvalue weighted by atomic mass is 16.6. The van der Waals surface area contributed by atoms with Gasteiger partial charge in [0.05, 0.1) is 32.3 Å². The number of nitrogens with zero attached hydrogens (tertiary/aromatic N) is 2. The van der Waals surface area contributed by atoms with Gasteiger partial charge in [-0.15, -0.1) is 0 Å². The second kappa shape index (κ2) is 13.3. The van der Waals surface area contributed by atoms with E-state index in [-0.39, 0.29) is 37.0 Å². The van der Waals surface area contributed by atoms with Gasteiger partial charge in [0.15, 0.2) is 17.3 Å². The maximum Gasteiger partial charge on any atom is 0.224 e. The van der Waals surface area contributed by atoms with E-state index in [2.05, 4.69) is 53.4 Å². The standard InChI is InChI=1S/C36H46N2O6/c1-25(39)36(4)24-38(33(40)18-19-43-35(2,3)41)23-30(36)28-16-17-31(42-5)32(20-28)44-29-21-37(22-29)34(26-12-8-6-9-13-26)27-14-10-7-11-15-27/h6-17,20,25,29-30,34,39,41H,18-19,21-24H2,1-5H3. The Balaban J connectivity index is 1.30. The van der Waals surface area contributed by atoms with Gasteiger partial charge in [0.1, 0.15) is 6.10 Å². The van der Waals surface area contributed by atoms with Crippen LogP contribution in [-0.4, -0.2) is 83.8 Å². The quantitative estimate of drug-likeness (QED) is 0.282. The average Bonchev–Trinajstić information content (AvgIpc) is 3.35. The van der Waals surface area contributed by atoms with Crippen LogP contribution in [0.1, 0.15) is 62.8 Å². The summed E-state index contributed by atoms with van der Waals surface area (Å²) in [7, 11) is 1.64. The lowest BCUT2D eigenvalue weighted by atomic mass is 9.72. The van der Waals surface area contributed by atoms with Crippen molar-refractivity contribution >= 4 is 5.91 Å². The maximum absolute atomic E-state index is 13.1. The molecule has 8 nitrogen and oxygen atoms in total. The van der Waals surface area contributed by atoms with Gasteiger partial charge in [-0.05, 0) is 49.6 Å². The molecule has 2 saturated heterocycles. The average molecular weight is 603 g/mol. The number of rotatable bonds is 12. The molecule has 5 rings (SSSR count). The Morgan fingerprint density at radius 3 is 2.14 bits per heavy atom. The highest BCUT2D eigenvalue weighted by molar-refractivity contribution is 5.77. The molecule has 3 aromatic rings. The molecule has 3 aromatic carbocycles. The molecule has 8 heteroatoms. The minimum Gasteiger partial charge on any atom is -0.493 e. The molecule has 0 saturated carbocycles. The van der Waals surface area contributed by atoms with Crippen molar-refractivity contribution in [1.29, 1.82) is 0 Å². The SMILES string of the molecule is COc1ccc(C2CN(C(=O)CCOC(C)(C)O)CC2(C)C(C)O)cc1OC1CN(C(c2ccccc2)c2ccccc2)C1. The van der Waals surface area contributed by atoms with E-state index >= 15 is 0 Å². The zero-order valence-electron chi connectivity index (χ0n) is 26.5. The number of aliphatic hydroxyl groups excluding tert-OH is 1. The Labute approximate surface area is 261 Å². The first kappa shape index (κ1) is 32.0. The molecule has 3 unspecified atom stereocenters. The summed E-state index contributed by atoms with van der Waals surface area (Å²) in [6, 6.07) is 27.2. The third kappa shape index (κ3) is 7.10. The second-order valence-electron chi connectivity index (χ2n) is 12.9. The molecule has 2 N–H and O–H groups in total. The summed E-state index contributed by atoms with van der Waals surface area (Å²) in [6.45, 7) is 9.48. The number of benzene rings is 3. The van der Waals surface area contributed by atoms with Crippen LogP contribution >= 0.6 is 0 Å². The Kier molecular flexibility index (Phi) is 9.65. The molecular weight excluding hydrogens is 556 g/mol. The molecule has 0 aliphatic carbocycles. The first-order chi connectivity index (χ1) is 21.0. The zero-order chi connectivity index (χ0) is 31.5. The van der Waals surface area contributed by atoms with E-state index in [0.717, 1.165) is 18.7 Å². The third-order valence-electron chi connectivity index (χ3n) is 9.16. The normalized spacial score (nSPS) is 21.7. The summed E-state index contributed by atoms with van der Waals surface area (Å²) in [5.41, 5.74) is 2.95. The van der Waals surface area contributed by atoms with Crippen molar-refractivity contribution in [2.45, 2.75) is 64.1 Å². The Morgan fingerprint density at radius 2 is 1.59 bits per heavy atom. The van der Waals surface area contributed by atoms with Crippen molar-refractivity contribution in [3.8, 4) is 11.5 Å². The van der Waals surface area contributed by atoms with Crippen molar-refractivity contribution in [3.05, 3.63) is 95.6 Å². The molecule has 2 aliphatic heterocycles. The number of hydrogen-bond donors (Lipinski definition) is 2. The van der Waals surface area contributed by atoms with Crippen LogP contribution in [0, 0.1) is 5.41 Å². The molecule has 0 bridgehead atoms. The molecule has 0 radical (unpaired) electrons. The molecule has 236 valence electrons. The van der Waals surface area contributed by atoms with Crippen LogP contribution < -0.4 is 9.47 Å². The Morgan fingerprint density at radius 1 is 0.977 bits per heavy atom. The molecule has 2 fully saturated rings. The first-order valence-electron chi connectivity index (χ1n) is 15.5. The highest BCUT2D eigenvalue weighted by Crippen LogP contribution is 2.47. The Bertz CT molecular complexity index is 1350. The van der Waals surface area contributed by atoms with E-state index in [9.17, 15) is 15.0 Å². The molecule has 3 atom stereocenters. The van der Waals surface area contributed by atoms with Crippen molar-refractivity contribution in [1.82, 2.24) is 9.80 Å². The first-order valence-corrected chi connectivity index (χ1v) is 15.5. The molecule has 2 heterocycles. The van der Waals surface area contributed by atoms with Gasteiger partial charge < -0.3 is 29.3 Å². The van der Waals surface area contributed by atoms with Gasteiger partial charge in [-0.25, -0.2) is 0 Å². The largest absolute Gasteiger partial charge is 0.493 e. The lowest BCUT2D eigenvalue weighted by molar-refractivity contribution is -0.178. The van der Waals surface area contributed by atoms with Crippen LogP contribution in [0.2, 0.25) is 0 Å². The summed E-state index contributed by atoms with van der Waals surface area (Å²) < 4.78 is 17.6. The fraction of sp³-hybridized carbons (Fsp3) is 0.472. The van der Waals surface area contributed by atoms with E-state index in [1.807, 2.05) is 37.3 Å². The van der Waals surface area contributed by atoms with E-state index in [4.69, 9.17) is 14.2 Å². The minimum atomic E-state index is -1.29. The lowest BCUT2D eigenvalue weighted by Gasteiger charge is -2.44. The predicted molar refractivity (Wildman–Crippen MR) is 170 cm³/mol. The van der Waals surface area contributed by atoms with Crippen molar-refractivity contribution < 1.29 is 29.2 Å². The third-order valence-corrected chi connectivity index (χ3v) is 9.16. The smallest absolute Gasteiger partial charge is 0.224 e. The van der Waals surface area contributed by atoms with Gasteiger partial charge in [-0.2, -0.15) is 0 Å². The summed E-state index contributed by atoms with van der Waals surface area (Å²) >= 11 is 0. The van der Waals surface area contributed by atoms with Gasteiger partial charge in [0.2, 0.25) is 5.91 Å². The number of hydrogen-bond acceptors (Lipinski definition) is 7. The number of ether oxygens (including phenoxy) is 3. The van der Waals surface area contributed by atoms with Crippen LogP contribution in [0.15, 0.2) is 78.9 Å². The highest BCUT2D eigenvalue weighted by Gasteiger charge is 2.48. The maximum atomic E-state index is 13.1. The summed E-state index contributed by atoms with van der Waals surface area (Å²) in [4.78, 5) is 17.3. The van der Waals surface area contributed by atoms with Crippen LogP contribution in [-0.2, 0) is 9.53 Å². The van der Waals surface area contributed by atoms with Gasteiger partial charge in [-0.1, -0.05) is 73.7 Å². The summed E-state index contributed by atoms with van der Waals surface area (Å²) in [6.07, 6.45) is -0.485. The summed E-state index contributed by atoms with van der Waals surface area (Å²) in [5.74, 6) is -0.128. The number of aliphatic hydroxyl groups is 2. The van der Waals surface area contributed by atoms with Crippen molar-refractivity contribution in [2.75, 3.05) is 39.9 Å². The van der Waals surface area contributed by atoms with E-state index in [0.29, 0.717) is 24.6 Å². The fourth-order valence-corrected chi connectivity index (χ4v) is 6.48. The van der Waals surface area contributed by atoms with Gasteiger partial charge in [0, 0.05) is 37.5 Å². The topological polar surface area (TPSA) is 91.7 Å². The molecule has 1 amide bonds. The van der Waals surface area contributed by atoms with E-state index in [1.54, 1.807) is 32.8 Å². The minimum absolute atomic E-state index is 0.00495. The number of carbonyl (C=O) groups excluding carboxylic acids is 1. The van der Waals surface area contributed by atoms with Crippen molar-refractivity contribution in [2.24, 2.45) is 5.41 Å². The molecule has 44 heavy (non-hydrogen) atoms. The predicted octanol–water partition coefficient (Wildman–Crippen LogP) is 5.00. The van der Waals surface area contributed by atoms with E-state index < -0.39 is 17.3 Å². The second-order valence-corrected chi connectivity index (χ2v) is 12.9. The monoisotopic (exact) mass is 602 g/mol. The molecule has 2 aliphatic rings. The molecule has 0 spiro atoms. The van der Waals surface area contributed by atoms with Crippen molar-refractivity contribution in [3.63, 3.8) is 0 Å². The van der Waals surface area contributed by atoms with Crippen LogP contribution in [0.4, 0.5) is 0 Å². The zero-order valence-corrected chi connectivity index (χ0v) is 26.5. The number of likely N-dealkylation sites (tertiary alicyclic amines) is 2. The van der Waals surface area contributed by atoms with Crippen LogP contribution in [0.5, 0.6) is 11.5 Å². The lowest BCUT2D eigenvalue weighted by Crippen LogP contribution is -2.55. The molecule has 0 aromatic heterocycles. The molecular formula is C36H46N2O6. The van der Waals surface area contributed by atoms with E-state index in [1.165, 1.54) is 11.1 Å². The number of carbonyl (C=O) groups is 1. The van der Waals surface area contributed by atoms with Crippen LogP contribution in [0.3, 0.4) is 0 Å². The fourth-order valence-electron chi connectivity index (χ4n) is 6.48. The van der Waals surface area contributed by atoms with Gasteiger partial charge >= 0.3 is 0 Å². The number of amides is 1. The van der Waals surface area contributed by atoms with Gasteiger partial charge in [0.25, 0.3) is 0 Å². The Hall–Kier alpha value is -3.43. The van der Waals surface area contributed by atoms with Crippen LogP contribution in [0.25, 0.3) is 0 Å².